The minimum atomic E-state index is -0.274. The molecule has 24 heavy (non-hydrogen) atoms. The number of carbonyl (C=O) groups excluding carboxylic acids is 1. The van der Waals surface area contributed by atoms with Crippen LogP contribution in [-0.4, -0.2) is 24.9 Å². The number of fused-ring (bicyclic) bond motifs is 1. The summed E-state index contributed by atoms with van der Waals surface area (Å²) in [6, 6.07) is 8.41. The van der Waals surface area contributed by atoms with E-state index in [0.717, 1.165) is 11.1 Å². The third kappa shape index (κ3) is 3.27. The first-order valence-corrected chi connectivity index (χ1v) is 7.33. The van der Waals surface area contributed by atoms with Crippen molar-refractivity contribution in [3.8, 4) is 23.0 Å². The van der Waals surface area contributed by atoms with Crippen molar-refractivity contribution in [2.75, 3.05) is 19.2 Å². The highest BCUT2D eigenvalue weighted by atomic mass is 16.7. The van der Waals surface area contributed by atoms with E-state index in [9.17, 15) is 9.90 Å². The van der Waals surface area contributed by atoms with E-state index in [1.165, 1.54) is 19.3 Å². The van der Waals surface area contributed by atoms with Crippen LogP contribution in [0.4, 0.5) is 5.69 Å². The number of phenolic OH excluding ortho intramolecular Hbond substituents is 1. The van der Waals surface area contributed by atoms with Crippen molar-refractivity contribution in [2.45, 2.75) is 6.92 Å². The van der Waals surface area contributed by atoms with Gasteiger partial charge in [0.25, 0.3) is 0 Å². The van der Waals surface area contributed by atoms with E-state index in [0.29, 0.717) is 22.9 Å². The molecule has 0 aromatic heterocycles. The number of hydrogen-bond donors (Lipinski definition) is 2. The van der Waals surface area contributed by atoms with Gasteiger partial charge in [0, 0.05) is 17.8 Å². The van der Waals surface area contributed by atoms with Gasteiger partial charge in [0.1, 0.15) is 0 Å². The third-order valence-corrected chi connectivity index (χ3v) is 3.61. The number of hydrogen-bond acceptors (Lipinski definition) is 5. The molecule has 2 aromatic carbocycles. The van der Waals surface area contributed by atoms with E-state index < -0.39 is 0 Å². The summed E-state index contributed by atoms with van der Waals surface area (Å²) < 4.78 is 15.6. The van der Waals surface area contributed by atoms with Crippen LogP contribution in [0.25, 0.3) is 6.08 Å². The van der Waals surface area contributed by atoms with E-state index in [1.54, 1.807) is 24.3 Å². The third-order valence-electron chi connectivity index (χ3n) is 3.61. The second kappa shape index (κ2) is 6.54. The molecule has 124 valence electrons. The molecule has 1 aliphatic rings. The topological polar surface area (TPSA) is 77.0 Å². The van der Waals surface area contributed by atoms with Gasteiger partial charge in [-0.2, -0.15) is 0 Å². The van der Waals surface area contributed by atoms with Gasteiger partial charge in [0.15, 0.2) is 23.0 Å². The maximum atomic E-state index is 12.1. The molecular formula is C18H17NO5. The molecule has 0 bridgehead atoms. The van der Waals surface area contributed by atoms with Gasteiger partial charge in [-0.15, -0.1) is 0 Å². The Morgan fingerprint density at radius 2 is 2.00 bits per heavy atom. The van der Waals surface area contributed by atoms with Gasteiger partial charge in [0.05, 0.1) is 7.11 Å². The number of amides is 1. The summed E-state index contributed by atoms with van der Waals surface area (Å²) in [6.45, 7) is 2.07. The van der Waals surface area contributed by atoms with Crippen LogP contribution in [-0.2, 0) is 4.79 Å². The Hall–Kier alpha value is -3.15. The molecule has 1 amide bonds. The molecule has 3 rings (SSSR count). The van der Waals surface area contributed by atoms with Crippen LogP contribution in [0, 0.1) is 6.92 Å². The maximum Gasteiger partial charge on any atom is 0.248 e. The molecule has 6 heteroatoms. The number of anilines is 1. The molecule has 0 saturated heterocycles. The van der Waals surface area contributed by atoms with Crippen LogP contribution in [0.2, 0.25) is 0 Å². The number of rotatable bonds is 4. The zero-order valence-corrected chi connectivity index (χ0v) is 13.3. The van der Waals surface area contributed by atoms with Crippen molar-refractivity contribution in [1.82, 2.24) is 0 Å². The fourth-order valence-corrected chi connectivity index (χ4v) is 2.32. The summed E-state index contributed by atoms with van der Waals surface area (Å²) in [5, 5.41) is 12.4. The highest BCUT2D eigenvalue weighted by Crippen LogP contribution is 2.36. The van der Waals surface area contributed by atoms with Gasteiger partial charge in [-0.05, 0) is 42.3 Å². The van der Waals surface area contributed by atoms with E-state index in [4.69, 9.17) is 14.2 Å². The molecule has 2 aromatic rings. The number of carbonyl (C=O) groups is 1. The molecule has 2 N–H and O–H groups in total. The second-order valence-electron chi connectivity index (χ2n) is 5.27. The van der Waals surface area contributed by atoms with E-state index in [2.05, 4.69) is 5.32 Å². The fraction of sp³-hybridized carbons (Fsp3) is 0.167. The van der Waals surface area contributed by atoms with E-state index in [-0.39, 0.29) is 18.4 Å². The Bertz CT molecular complexity index is 813. The monoisotopic (exact) mass is 327 g/mol. The van der Waals surface area contributed by atoms with Crippen LogP contribution < -0.4 is 19.5 Å². The average Bonchev–Trinajstić information content (AvgIpc) is 3.01. The first-order valence-electron chi connectivity index (χ1n) is 7.33. The molecule has 0 saturated carbocycles. The number of benzene rings is 2. The first-order chi connectivity index (χ1) is 11.6. The lowest BCUT2D eigenvalue weighted by atomic mass is 10.1. The molecule has 0 aliphatic carbocycles. The summed E-state index contributed by atoms with van der Waals surface area (Å²) in [5.74, 6) is 1.42. The van der Waals surface area contributed by atoms with Crippen LogP contribution in [0.3, 0.4) is 0 Å². The normalized spacial score (nSPS) is 12.4. The maximum absolute atomic E-state index is 12.1. The highest BCUT2D eigenvalue weighted by Gasteiger charge is 2.16. The smallest absolute Gasteiger partial charge is 0.248 e. The Balaban J connectivity index is 1.72. The summed E-state index contributed by atoms with van der Waals surface area (Å²) >= 11 is 0. The number of nitrogens with one attached hydrogen (secondary N) is 1. The Labute approximate surface area is 139 Å². The van der Waals surface area contributed by atoms with Crippen molar-refractivity contribution in [3.63, 3.8) is 0 Å². The van der Waals surface area contributed by atoms with E-state index in [1.807, 2.05) is 13.0 Å². The minimum absolute atomic E-state index is 0.0510. The molecule has 1 heterocycles. The summed E-state index contributed by atoms with van der Waals surface area (Å²) in [5.41, 5.74) is 2.28. The molecule has 0 spiro atoms. The van der Waals surface area contributed by atoms with E-state index >= 15 is 0 Å². The first kappa shape index (κ1) is 15.7. The molecule has 0 atom stereocenters. The average molecular weight is 327 g/mol. The lowest BCUT2D eigenvalue weighted by Gasteiger charge is -2.08. The fourth-order valence-electron chi connectivity index (χ4n) is 2.32. The van der Waals surface area contributed by atoms with Gasteiger partial charge in [-0.1, -0.05) is 6.07 Å². The lowest BCUT2D eigenvalue weighted by molar-refractivity contribution is -0.111. The van der Waals surface area contributed by atoms with Crippen LogP contribution in [0.1, 0.15) is 11.1 Å². The molecule has 0 fully saturated rings. The number of methoxy groups -OCH3 is 1. The molecule has 6 nitrogen and oxygen atoms in total. The quantitative estimate of drug-likeness (QED) is 0.844. The number of aryl methyl sites for hydroxylation is 1. The largest absolute Gasteiger partial charge is 0.504 e. The van der Waals surface area contributed by atoms with Crippen molar-refractivity contribution in [3.05, 3.63) is 47.5 Å². The van der Waals surface area contributed by atoms with Crippen molar-refractivity contribution >= 4 is 17.7 Å². The number of ether oxygens (including phenoxy) is 3. The minimum Gasteiger partial charge on any atom is -0.504 e. The molecule has 0 radical (unpaired) electrons. The molecule has 0 unspecified atom stereocenters. The standard InChI is InChI=1S/C18H17NO5/c1-11-7-16-17(24-10-23-16)9-13(11)19-18(21)6-4-12-3-5-14(20)15(8-12)22-2/h3-9,20H,10H2,1-2H3,(H,19,21). The Kier molecular flexibility index (Phi) is 4.29. The van der Waals surface area contributed by atoms with Crippen LogP contribution >= 0.6 is 0 Å². The van der Waals surface area contributed by atoms with Crippen LogP contribution in [0.5, 0.6) is 23.0 Å². The zero-order chi connectivity index (χ0) is 17.1. The predicted octanol–water partition coefficient (Wildman–Crippen LogP) is 3.09. The Morgan fingerprint density at radius 3 is 2.75 bits per heavy atom. The number of aromatic hydroxyl groups is 1. The van der Waals surface area contributed by atoms with Gasteiger partial charge < -0.3 is 24.6 Å². The lowest BCUT2D eigenvalue weighted by Crippen LogP contribution is -2.08. The predicted molar refractivity (Wildman–Crippen MR) is 89.6 cm³/mol. The molecular weight excluding hydrogens is 310 g/mol. The number of phenols is 1. The molecule has 1 aliphatic heterocycles. The second-order valence-corrected chi connectivity index (χ2v) is 5.27. The van der Waals surface area contributed by atoms with Crippen molar-refractivity contribution in [2.24, 2.45) is 0 Å². The summed E-state index contributed by atoms with van der Waals surface area (Å²) in [6.07, 6.45) is 3.05. The van der Waals surface area contributed by atoms with Crippen molar-refractivity contribution < 1.29 is 24.1 Å². The van der Waals surface area contributed by atoms with Gasteiger partial charge in [-0.25, -0.2) is 0 Å². The van der Waals surface area contributed by atoms with Gasteiger partial charge in [0.2, 0.25) is 12.7 Å². The Morgan fingerprint density at radius 1 is 1.25 bits per heavy atom. The highest BCUT2D eigenvalue weighted by molar-refractivity contribution is 6.02. The SMILES string of the molecule is COc1cc(C=CC(=O)Nc2cc3c(cc2C)OCO3)ccc1O. The summed E-state index contributed by atoms with van der Waals surface area (Å²) in [7, 11) is 1.47. The van der Waals surface area contributed by atoms with Gasteiger partial charge >= 0.3 is 0 Å². The zero-order valence-electron chi connectivity index (χ0n) is 13.3. The van der Waals surface area contributed by atoms with Crippen LogP contribution in [0.15, 0.2) is 36.4 Å². The summed E-state index contributed by atoms with van der Waals surface area (Å²) in [4.78, 5) is 12.1. The van der Waals surface area contributed by atoms with Gasteiger partial charge in [-0.3, -0.25) is 4.79 Å². The van der Waals surface area contributed by atoms with Crippen molar-refractivity contribution in [1.29, 1.82) is 0 Å².